The largest absolute Gasteiger partial charge is 0.389 e. The average Bonchev–Trinajstić information content (AvgIpc) is 2.73. The van der Waals surface area contributed by atoms with Gasteiger partial charge in [0.15, 0.2) is 0 Å². The normalized spacial score (nSPS) is 10.6. The summed E-state index contributed by atoms with van der Waals surface area (Å²) in [5.74, 6) is 1.76. The fourth-order valence-electron chi connectivity index (χ4n) is 2.23. The number of aromatic nitrogens is 3. The number of hydrogen-bond donors (Lipinski definition) is 1. The molecule has 106 valence electrons. The van der Waals surface area contributed by atoms with Crippen LogP contribution in [0.3, 0.4) is 0 Å². The number of thiocarbonyl (C=S) groups is 1. The maximum Gasteiger partial charge on any atom is 0.139 e. The van der Waals surface area contributed by atoms with Gasteiger partial charge in [0.2, 0.25) is 0 Å². The summed E-state index contributed by atoms with van der Waals surface area (Å²) in [6.45, 7) is 4.62. The van der Waals surface area contributed by atoms with Crippen LogP contribution in [0, 0.1) is 13.8 Å². The second-order valence-corrected chi connectivity index (χ2v) is 5.39. The third kappa shape index (κ3) is 2.80. The van der Waals surface area contributed by atoms with E-state index in [9.17, 15) is 0 Å². The predicted molar refractivity (Wildman–Crippen MR) is 84.9 cm³/mol. The average molecular weight is 289 g/mol. The molecule has 0 aliphatic carbocycles. The monoisotopic (exact) mass is 289 g/mol. The first-order valence-corrected chi connectivity index (χ1v) is 6.76. The molecule has 0 aromatic carbocycles. The van der Waals surface area contributed by atoms with Crippen LogP contribution in [0.4, 0.5) is 5.82 Å². The Bertz CT molecular complexity index is 647. The van der Waals surface area contributed by atoms with E-state index in [4.69, 9.17) is 18.0 Å². The molecular weight excluding hydrogens is 270 g/mol. The van der Waals surface area contributed by atoms with Crippen molar-refractivity contribution >= 4 is 23.0 Å². The van der Waals surface area contributed by atoms with E-state index in [0.29, 0.717) is 11.5 Å². The van der Waals surface area contributed by atoms with Crippen LogP contribution in [0.25, 0.3) is 0 Å². The van der Waals surface area contributed by atoms with Crippen LogP contribution in [0.1, 0.15) is 22.6 Å². The number of anilines is 1. The Hall–Kier alpha value is -1.95. The molecule has 0 saturated carbocycles. The van der Waals surface area contributed by atoms with E-state index in [1.807, 2.05) is 49.7 Å². The van der Waals surface area contributed by atoms with Gasteiger partial charge in [-0.25, -0.2) is 9.97 Å². The minimum Gasteiger partial charge on any atom is -0.389 e. The molecule has 2 rings (SSSR count). The van der Waals surface area contributed by atoms with Crippen molar-refractivity contribution < 1.29 is 0 Å². The van der Waals surface area contributed by atoms with Gasteiger partial charge in [-0.3, -0.25) is 0 Å². The molecule has 5 nitrogen and oxygen atoms in total. The summed E-state index contributed by atoms with van der Waals surface area (Å²) in [6, 6.07) is 1.99. The highest BCUT2D eigenvalue weighted by Gasteiger charge is 2.16. The number of nitrogens with zero attached hydrogens (tertiary/aromatic N) is 4. The van der Waals surface area contributed by atoms with E-state index in [-0.39, 0.29) is 0 Å². The molecule has 2 aromatic heterocycles. The first-order chi connectivity index (χ1) is 9.40. The molecule has 0 unspecified atom stereocenters. The maximum absolute atomic E-state index is 5.85. The van der Waals surface area contributed by atoms with Gasteiger partial charge in [0, 0.05) is 32.2 Å². The van der Waals surface area contributed by atoms with Crippen LogP contribution in [-0.4, -0.2) is 26.6 Å². The fraction of sp³-hybridized carbons (Fsp3) is 0.357. The second-order valence-electron chi connectivity index (χ2n) is 4.95. The van der Waals surface area contributed by atoms with Crippen LogP contribution in [0.5, 0.6) is 0 Å². The van der Waals surface area contributed by atoms with E-state index in [2.05, 4.69) is 9.97 Å². The Labute approximate surface area is 124 Å². The summed E-state index contributed by atoms with van der Waals surface area (Å²) in [6.07, 6.45) is 3.71. The molecule has 2 heterocycles. The Morgan fingerprint density at radius 3 is 2.70 bits per heavy atom. The number of pyridine rings is 1. The van der Waals surface area contributed by atoms with Crippen LogP contribution in [0.15, 0.2) is 18.5 Å². The van der Waals surface area contributed by atoms with Crippen molar-refractivity contribution in [3.63, 3.8) is 0 Å². The second kappa shape index (κ2) is 5.58. The Morgan fingerprint density at radius 1 is 1.45 bits per heavy atom. The van der Waals surface area contributed by atoms with Crippen molar-refractivity contribution in [2.75, 3.05) is 11.9 Å². The predicted octanol–water partition coefficient (Wildman–Crippen LogP) is 1.70. The van der Waals surface area contributed by atoms with Gasteiger partial charge in [0.25, 0.3) is 0 Å². The Balaban J connectivity index is 2.41. The summed E-state index contributed by atoms with van der Waals surface area (Å²) >= 11 is 5.16. The van der Waals surface area contributed by atoms with Gasteiger partial charge in [-0.1, -0.05) is 12.2 Å². The molecule has 0 fully saturated rings. The Kier molecular flexibility index (Phi) is 4.04. The third-order valence-corrected chi connectivity index (χ3v) is 3.44. The quantitative estimate of drug-likeness (QED) is 0.868. The Morgan fingerprint density at radius 2 is 2.15 bits per heavy atom. The summed E-state index contributed by atoms with van der Waals surface area (Å²) in [5.41, 5.74) is 8.68. The van der Waals surface area contributed by atoms with Crippen LogP contribution < -0.4 is 10.6 Å². The van der Waals surface area contributed by atoms with Crippen molar-refractivity contribution in [3.8, 4) is 0 Å². The van der Waals surface area contributed by atoms with Crippen molar-refractivity contribution in [2.45, 2.75) is 20.4 Å². The van der Waals surface area contributed by atoms with Gasteiger partial charge in [-0.05, 0) is 25.5 Å². The first kappa shape index (κ1) is 14.5. The van der Waals surface area contributed by atoms with E-state index in [1.54, 1.807) is 6.20 Å². The number of rotatable bonds is 4. The number of imidazole rings is 1. The summed E-state index contributed by atoms with van der Waals surface area (Å²) < 4.78 is 1.99. The molecule has 0 aliphatic rings. The summed E-state index contributed by atoms with van der Waals surface area (Å²) in [7, 11) is 3.94. The van der Waals surface area contributed by atoms with E-state index in [1.165, 1.54) is 0 Å². The standard InChI is InChI=1S/C14H19N5S/c1-9-7-10(2)17-14(12(9)13(15)20)19(4)8-11-16-5-6-18(11)3/h5-7H,8H2,1-4H3,(H2,15,20). The zero-order chi connectivity index (χ0) is 14.9. The van der Waals surface area contributed by atoms with E-state index < -0.39 is 0 Å². The number of aryl methyl sites for hydroxylation is 3. The van der Waals surface area contributed by atoms with Crippen molar-refractivity contribution in [3.05, 3.63) is 41.1 Å². The maximum atomic E-state index is 5.85. The van der Waals surface area contributed by atoms with Crippen LogP contribution in [0.2, 0.25) is 0 Å². The van der Waals surface area contributed by atoms with Gasteiger partial charge in [0.1, 0.15) is 16.6 Å². The van der Waals surface area contributed by atoms with Gasteiger partial charge < -0.3 is 15.2 Å². The molecule has 20 heavy (non-hydrogen) atoms. The summed E-state index contributed by atoms with van der Waals surface area (Å²) in [4.78, 5) is 11.3. The molecule has 0 aliphatic heterocycles. The minimum absolute atomic E-state index is 0.372. The summed E-state index contributed by atoms with van der Waals surface area (Å²) in [5, 5.41) is 0. The van der Waals surface area contributed by atoms with Crippen molar-refractivity contribution in [2.24, 2.45) is 12.8 Å². The fourth-order valence-corrected chi connectivity index (χ4v) is 2.49. The molecule has 0 saturated heterocycles. The minimum atomic E-state index is 0.372. The molecule has 0 amide bonds. The molecule has 2 aromatic rings. The van der Waals surface area contributed by atoms with Crippen LogP contribution >= 0.6 is 12.2 Å². The van der Waals surface area contributed by atoms with Gasteiger partial charge >= 0.3 is 0 Å². The molecule has 2 N–H and O–H groups in total. The van der Waals surface area contributed by atoms with E-state index >= 15 is 0 Å². The number of nitrogens with two attached hydrogens (primary N) is 1. The molecule has 0 atom stereocenters. The lowest BCUT2D eigenvalue weighted by atomic mass is 10.1. The van der Waals surface area contributed by atoms with Crippen molar-refractivity contribution in [1.82, 2.24) is 14.5 Å². The van der Waals surface area contributed by atoms with Gasteiger partial charge in [0.05, 0.1) is 12.1 Å². The highest BCUT2D eigenvalue weighted by Crippen LogP contribution is 2.22. The van der Waals surface area contributed by atoms with Crippen LogP contribution in [-0.2, 0) is 13.6 Å². The SMILES string of the molecule is Cc1cc(C)c(C(N)=S)c(N(C)Cc2nccn2C)n1. The molecule has 0 radical (unpaired) electrons. The zero-order valence-electron chi connectivity index (χ0n) is 12.2. The van der Waals surface area contributed by atoms with Crippen molar-refractivity contribution in [1.29, 1.82) is 0 Å². The highest BCUT2D eigenvalue weighted by molar-refractivity contribution is 7.80. The smallest absolute Gasteiger partial charge is 0.139 e. The third-order valence-electron chi connectivity index (χ3n) is 3.23. The number of hydrogen-bond acceptors (Lipinski definition) is 4. The first-order valence-electron chi connectivity index (χ1n) is 6.35. The topological polar surface area (TPSA) is 60.0 Å². The van der Waals surface area contributed by atoms with E-state index in [0.717, 1.165) is 28.5 Å². The lowest BCUT2D eigenvalue weighted by Crippen LogP contribution is -2.25. The molecular formula is C14H19N5S. The lowest BCUT2D eigenvalue weighted by molar-refractivity contribution is 0.753. The molecule has 6 heteroatoms. The molecule has 0 bridgehead atoms. The highest BCUT2D eigenvalue weighted by atomic mass is 32.1. The van der Waals surface area contributed by atoms with Gasteiger partial charge in [-0.15, -0.1) is 0 Å². The molecule has 0 spiro atoms. The van der Waals surface area contributed by atoms with Gasteiger partial charge in [-0.2, -0.15) is 0 Å². The zero-order valence-corrected chi connectivity index (χ0v) is 13.0. The lowest BCUT2D eigenvalue weighted by Gasteiger charge is -2.22.